The molecule has 0 N–H and O–H groups in total. The Balaban J connectivity index is 1.60. The number of nitrogens with zero attached hydrogens (tertiary/aromatic N) is 3. The lowest BCUT2D eigenvalue weighted by molar-refractivity contribution is -0.137. The Kier molecular flexibility index (Phi) is 5.24. The van der Waals surface area contributed by atoms with E-state index in [-0.39, 0.29) is 6.04 Å². The van der Waals surface area contributed by atoms with E-state index in [1.807, 2.05) is 18.2 Å². The number of rotatable bonds is 3. The van der Waals surface area contributed by atoms with Gasteiger partial charge in [-0.05, 0) is 48.4 Å². The molecule has 1 aromatic heterocycles. The molecule has 0 saturated carbocycles. The van der Waals surface area contributed by atoms with Gasteiger partial charge in [0.25, 0.3) is 0 Å². The zero-order chi connectivity index (χ0) is 20.4. The quantitative estimate of drug-likeness (QED) is 0.613. The van der Waals surface area contributed by atoms with Crippen LogP contribution in [0, 0.1) is 0 Å². The van der Waals surface area contributed by atoms with Crippen molar-refractivity contribution in [2.75, 3.05) is 13.2 Å². The van der Waals surface area contributed by atoms with E-state index in [1.165, 1.54) is 12.1 Å². The summed E-state index contributed by atoms with van der Waals surface area (Å²) < 4.78 is 44.3. The Morgan fingerprint density at radius 1 is 1.00 bits per heavy atom. The molecule has 1 aliphatic heterocycles. The number of ether oxygens (including phenoxy) is 1. The molecule has 0 unspecified atom stereocenters. The lowest BCUT2D eigenvalue weighted by atomic mass is 10.0. The van der Waals surface area contributed by atoms with Crippen molar-refractivity contribution in [3.8, 4) is 16.9 Å². The average molecular weight is 399 g/mol. The zero-order valence-electron chi connectivity index (χ0n) is 15.9. The first kappa shape index (κ1) is 19.4. The van der Waals surface area contributed by atoms with Crippen molar-refractivity contribution in [2.45, 2.75) is 25.7 Å². The SMILES string of the molecule is C[C@H](c1ncccn1)N1CCOc2ccc(-c3ccc(C(F)(F)F)cc3)cc2C1. The van der Waals surface area contributed by atoms with Gasteiger partial charge in [0.05, 0.1) is 11.6 Å². The summed E-state index contributed by atoms with van der Waals surface area (Å²) in [6, 6.07) is 12.8. The fourth-order valence-electron chi connectivity index (χ4n) is 3.47. The molecule has 0 spiro atoms. The van der Waals surface area contributed by atoms with E-state index in [9.17, 15) is 13.2 Å². The maximum absolute atomic E-state index is 12.8. The summed E-state index contributed by atoms with van der Waals surface area (Å²) in [5, 5.41) is 0. The number of alkyl halides is 3. The molecule has 2 heterocycles. The minimum absolute atomic E-state index is 0.0143. The molecule has 150 valence electrons. The highest BCUT2D eigenvalue weighted by Crippen LogP contribution is 2.34. The molecule has 4 rings (SSSR count). The van der Waals surface area contributed by atoms with Crippen molar-refractivity contribution in [1.82, 2.24) is 14.9 Å². The third-order valence-corrected chi connectivity index (χ3v) is 5.12. The van der Waals surface area contributed by atoms with Crippen LogP contribution in [0.5, 0.6) is 5.75 Å². The van der Waals surface area contributed by atoms with Crippen molar-refractivity contribution < 1.29 is 17.9 Å². The van der Waals surface area contributed by atoms with E-state index in [2.05, 4.69) is 21.8 Å². The maximum Gasteiger partial charge on any atom is 0.416 e. The molecular weight excluding hydrogens is 379 g/mol. The molecule has 0 bridgehead atoms. The molecule has 3 aromatic rings. The fourth-order valence-corrected chi connectivity index (χ4v) is 3.47. The van der Waals surface area contributed by atoms with Gasteiger partial charge in [0.2, 0.25) is 0 Å². The highest BCUT2D eigenvalue weighted by molar-refractivity contribution is 5.66. The Hall–Kier alpha value is -2.93. The molecular formula is C22H20F3N3O. The molecule has 7 heteroatoms. The Morgan fingerprint density at radius 3 is 2.38 bits per heavy atom. The average Bonchev–Trinajstić information content (AvgIpc) is 2.95. The summed E-state index contributed by atoms with van der Waals surface area (Å²) in [5.41, 5.74) is 1.92. The van der Waals surface area contributed by atoms with E-state index < -0.39 is 11.7 Å². The first-order valence-electron chi connectivity index (χ1n) is 9.36. The number of hydrogen-bond donors (Lipinski definition) is 0. The lowest BCUT2D eigenvalue weighted by Gasteiger charge is -2.25. The number of halogens is 3. The van der Waals surface area contributed by atoms with Crippen LogP contribution in [-0.2, 0) is 12.7 Å². The second kappa shape index (κ2) is 7.83. The van der Waals surface area contributed by atoms with Crippen molar-refractivity contribution in [2.24, 2.45) is 0 Å². The van der Waals surface area contributed by atoms with Crippen LogP contribution in [0.1, 0.15) is 29.9 Å². The van der Waals surface area contributed by atoms with Gasteiger partial charge < -0.3 is 4.74 Å². The van der Waals surface area contributed by atoms with Crippen LogP contribution in [0.2, 0.25) is 0 Å². The number of benzene rings is 2. The molecule has 0 saturated heterocycles. The third kappa shape index (κ3) is 4.24. The van der Waals surface area contributed by atoms with Gasteiger partial charge in [-0.2, -0.15) is 13.2 Å². The maximum atomic E-state index is 12.8. The Labute approximate surface area is 167 Å². The zero-order valence-corrected chi connectivity index (χ0v) is 15.9. The minimum atomic E-state index is -4.34. The first-order chi connectivity index (χ1) is 13.9. The first-order valence-corrected chi connectivity index (χ1v) is 9.36. The van der Waals surface area contributed by atoms with Crippen LogP contribution in [0.25, 0.3) is 11.1 Å². The van der Waals surface area contributed by atoms with Crippen LogP contribution in [0.15, 0.2) is 60.9 Å². The molecule has 1 atom stereocenters. The van der Waals surface area contributed by atoms with Crippen molar-refractivity contribution in [3.05, 3.63) is 77.9 Å². The predicted octanol–water partition coefficient (Wildman–Crippen LogP) is 5.12. The van der Waals surface area contributed by atoms with Gasteiger partial charge in [-0.1, -0.05) is 18.2 Å². The van der Waals surface area contributed by atoms with Gasteiger partial charge in [-0.3, -0.25) is 4.90 Å². The summed E-state index contributed by atoms with van der Waals surface area (Å²) in [6.07, 6.45) is -0.885. The van der Waals surface area contributed by atoms with Crippen LogP contribution in [-0.4, -0.2) is 28.0 Å². The molecule has 2 aromatic carbocycles. The van der Waals surface area contributed by atoms with E-state index in [4.69, 9.17) is 4.74 Å². The molecule has 0 radical (unpaired) electrons. The summed E-state index contributed by atoms with van der Waals surface area (Å²) >= 11 is 0. The van der Waals surface area contributed by atoms with E-state index in [1.54, 1.807) is 18.5 Å². The Morgan fingerprint density at radius 2 is 1.69 bits per heavy atom. The van der Waals surface area contributed by atoms with Crippen LogP contribution < -0.4 is 4.74 Å². The highest BCUT2D eigenvalue weighted by Gasteiger charge is 2.30. The van der Waals surface area contributed by atoms with Gasteiger partial charge in [0.15, 0.2) is 0 Å². The van der Waals surface area contributed by atoms with E-state index in [0.29, 0.717) is 13.2 Å². The highest BCUT2D eigenvalue weighted by atomic mass is 19.4. The summed E-state index contributed by atoms with van der Waals surface area (Å²) in [6.45, 7) is 3.97. The lowest BCUT2D eigenvalue weighted by Crippen LogP contribution is -2.29. The summed E-state index contributed by atoms with van der Waals surface area (Å²) in [7, 11) is 0. The number of aromatic nitrogens is 2. The molecule has 29 heavy (non-hydrogen) atoms. The van der Waals surface area contributed by atoms with Crippen molar-refractivity contribution in [3.63, 3.8) is 0 Å². The third-order valence-electron chi connectivity index (χ3n) is 5.12. The van der Waals surface area contributed by atoms with Gasteiger partial charge in [-0.25, -0.2) is 9.97 Å². The Bertz CT molecular complexity index is 975. The van der Waals surface area contributed by atoms with Crippen molar-refractivity contribution in [1.29, 1.82) is 0 Å². The molecule has 0 aliphatic carbocycles. The smallest absolute Gasteiger partial charge is 0.416 e. The van der Waals surface area contributed by atoms with Gasteiger partial charge in [0, 0.05) is 31.0 Å². The van der Waals surface area contributed by atoms with Crippen LogP contribution >= 0.6 is 0 Å². The van der Waals surface area contributed by atoms with Crippen LogP contribution in [0.3, 0.4) is 0 Å². The topological polar surface area (TPSA) is 38.2 Å². The molecule has 0 fully saturated rings. The fraction of sp³-hybridized carbons (Fsp3) is 0.273. The largest absolute Gasteiger partial charge is 0.492 e. The van der Waals surface area contributed by atoms with Gasteiger partial charge in [0.1, 0.15) is 18.2 Å². The second-order valence-corrected chi connectivity index (χ2v) is 7.00. The van der Waals surface area contributed by atoms with E-state index in [0.717, 1.165) is 46.9 Å². The normalized spacial score (nSPS) is 15.9. The number of hydrogen-bond acceptors (Lipinski definition) is 4. The second-order valence-electron chi connectivity index (χ2n) is 7.00. The van der Waals surface area contributed by atoms with Gasteiger partial charge in [-0.15, -0.1) is 0 Å². The van der Waals surface area contributed by atoms with Crippen LogP contribution in [0.4, 0.5) is 13.2 Å². The minimum Gasteiger partial charge on any atom is -0.492 e. The molecule has 4 nitrogen and oxygen atoms in total. The summed E-state index contributed by atoms with van der Waals surface area (Å²) in [4.78, 5) is 10.9. The predicted molar refractivity (Wildman–Crippen MR) is 103 cm³/mol. The summed E-state index contributed by atoms with van der Waals surface area (Å²) in [5.74, 6) is 1.54. The van der Waals surface area contributed by atoms with E-state index >= 15 is 0 Å². The standard InChI is InChI=1S/C22H20F3N3O/c1-15(21-26-9-2-10-27-21)28-11-12-29-20-8-5-17(13-18(20)14-28)16-3-6-19(7-4-16)22(23,24)25/h2-10,13,15H,11-12,14H2,1H3/t15-/m1/s1. The van der Waals surface area contributed by atoms with Gasteiger partial charge >= 0.3 is 6.18 Å². The number of fused-ring (bicyclic) bond motifs is 1. The molecule has 1 aliphatic rings. The monoisotopic (exact) mass is 399 g/mol. The molecule has 0 amide bonds. The van der Waals surface area contributed by atoms with Crippen molar-refractivity contribution >= 4 is 0 Å².